The van der Waals surface area contributed by atoms with Crippen LogP contribution in [0.1, 0.15) is 116 Å². The lowest BCUT2D eigenvalue weighted by atomic mass is 9.55. The van der Waals surface area contributed by atoms with Crippen LogP contribution in [0.3, 0.4) is 0 Å². The fraction of sp³-hybridized carbons (Fsp3) is 0.625. The molecule has 3 aliphatic carbocycles. The Hall–Kier alpha value is -1.58. The molecular weight excluding hydrogens is 427 g/mol. The first-order chi connectivity index (χ1) is 16.7. The van der Waals surface area contributed by atoms with Crippen LogP contribution in [0.5, 0.6) is 0 Å². The van der Waals surface area contributed by atoms with Gasteiger partial charge in [-0.25, -0.2) is 0 Å². The number of fused-ring (bicyclic) bond motifs is 3. The lowest BCUT2D eigenvalue weighted by Gasteiger charge is -2.48. The quantitative estimate of drug-likeness (QED) is 0.319. The van der Waals surface area contributed by atoms with Crippen LogP contribution in [0.4, 0.5) is 0 Å². The van der Waals surface area contributed by atoms with Gasteiger partial charge in [0.15, 0.2) is 0 Å². The monoisotopic (exact) mass is 470 g/mol. The highest BCUT2D eigenvalue weighted by Gasteiger charge is 2.62. The summed E-state index contributed by atoms with van der Waals surface area (Å²) in [4.78, 5) is 0. The Bertz CT molecular complexity index is 1100. The number of unbranched alkanes of at least 4 members (excludes halogenated alkanes) is 3. The molecule has 2 aromatic carbocycles. The molecule has 1 aliphatic heterocycles. The second kappa shape index (κ2) is 8.22. The van der Waals surface area contributed by atoms with E-state index in [1.165, 1.54) is 92.8 Å². The SMILES string of the molecule is CCCCCCc1ccc2c(c1)-c1cc(B3OC(C)(C)C(C)(C)O3)ccc1C13CCCC21CCC3. The van der Waals surface area contributed by atoms with Gasteiger partial charge in [-0.3, -0.25) is 0 Å². The zero-order valence-corrected chi connectivity index (χ0v) is 22.6. The van der Waals surface area contributed by atoms with Crippen LogP contribution in [0, 0.1) is 0 Å². The van der Waals surface area contributed by atoms with Gasteiger partial charge in [0.2, 0.25) is 0 Å². The van der Waals surface area contributed by atoms with Crippen molar-refractivity contribution in [3.05, 3.63) is 53.1 Å². The minimum atomic E-state index is -0.318. The Morgan fingerprint density at radius 1 is 0.714 bits per heavy atom. The molecule has 2 aromatic rings. The first-order valence-corrected chi connectivity index (χ1v) is 14.4. The lowest BCUT2D eigenvalue weighted by Crippen LogP contribution is -2.44. The summed E-state index contributed by atoms with van der Waals surface area (Å²) in [5.74, 6) is 0. The molecule has 6 rings (SSSR count). The molecule has 0 amide bonds. The Balaban J connectivity index is 1.45. The summed E-state index contributed by atoms with van der Waals surface area (Å²) >= 11 is 0. The molecule has 0 bridgehead atoms. The zero-order valence-electron chi connectivity index (χ0n) is 22.6. The van der Waals surface area contributed by atoms with Gasteiger partial charge in [-0.05, 0) is 99.5 Å². The standard InChI is InChI=1S/C32H43BO2/c1-6-7-8-9-12-23-13-15-27-25(21-23)26-22-24(33-34-29(2,3)30(4,5)35-33)14-16-28(26)32-19-10-17-31(27,32)18-11-20-32/h13-16,21-22H,6-12,17-20H2,1-5H3. The van der Waals surface area contributed by atoms with Crippen molar-refractivity contribution in [2.75, 3.05) is 0 Å². The van der Waals surface area contributed by atoms with Gasteiger partial charge < -0.3 is 9.31 Å². The third-order valence-corrected chi connectivity index (χ3v) is 10.6. The van der Waals surface area contributed by atoms with Crippen LogP contribution in [0.15, 0.2) is 36.4 Å². The third-order valence-electron chi connectivity index (χ3n) is 10.6. The van der Waals surface area contributed by atoms with Crippen molar-refractivity contribution in [3.8, 4) is 11.1 Å². The van der Waals surface area contributed by atoms with Gasteiger partial charge in [0, 0.05) is 10.8 Å². The summed E-state index contributed by atoms with van der Waals surface area (Å²) < 4.78 is 13.0. The highest BCUT2D eigenvalue weighted by molar-refractivity contribution is 6.62. The molecule has 3 heteroatoms. The van der Waals surface area contributed by atoms with E-state index in [2.05, 4.69) is 71.0 Å². The molecule has 0 spiro atoms. The van der Waals surface area contributed by atoms with Gasteiger partial charge in [0.1, 0.15) is 0 Å². The highest BCUT2D eigenvalue weighted by atomic mass is 16.7. The second-order valence-electron chi connectivity index (χ2n) is 13.0. The Labute approximate surface area is 213 Å². The summed E-state index contributed by atoms with van der Waals surface area (Å²) in [5, 5.41) is 0. The van der Waals surface area contributed by atoms with E-state index in [4.69, 9.17) is 9.31 Å². The van der Waals surface area contributed by atoms with E-state index >= 15 is 0 Å². The number of hydrogen-bond donors (Lipinski definition) is 0. The van der Waals surface area contributed by atoms with E-state index in [1.54, 1.807) is 11.1 Å². The van der Waals surface area contributed by atoms with E-state index in [0.29, 0.717) is 10.8 Å². The Morgan fingerprint density at radius 3 is 1.89 bits per heavy atom. The van der Waals surface area contributed by atoms with Gasteiger partial charge >= 0.3 is 7.12 Å². The predicted octanol–water partition coefficient (Wildman–Crippen LogP) is 7.63. The number of aryl methyl sites for hydroxylation is 1. The molecule has 2 nitrogen and oxygen atoms in total. The van der Waals surface area contributed by atoms with Gasteiger partial charge in [0.25, 0.3) is 0 Å². The fourth-order valence-corrected chi connectivity index (χ4v) is 8.12. The summed E-state index contributed by atoms with van der Waals surface area (Å²) in [6.45, 7) is 10.9. The van der Waals surface area contributed by atoms with Crippen molar-refractivity contribution in [2.24, 2.45) is 0 Å². The van der Waals surface area contributed by atoms with Crippen molar-refractivity contribution in [3.63, 3.8) is 0 Å². The third kappa shape index (κ3) is 3.37. The molecule has 2 saturated carbocycles. The summed E-state index contributed by atoms with van der Waals surface area (Å²) in [5.41, 5.74) is 8.94. The number of benzene rings is 2. The Morgan fingerprint density at radius 2 is 1.29 bits per heavy atom. The van der Waals surface area contributed by atoms with Gasteiger partial charge in [-0.2, -0.15) is 0 Å². The normalized spacial score (nSPS) is 29.6. The molecule has 0 N–H and O–H groups in total. The van der Waals surface area contributed by atoms with Crippen LogP contribution < -0.4 is 5.46 Å². The van der Waals surface area contributed by atoms with Crippen LogP contribution in [-0.4, -0.2) is 18.3 Å². The van der Waals surface area contributed by atoms with Crippen molar-refractivity contribution in [1.29, 1.82) is 0 Å². The number of rotatable bonds is 6. The van der Waals surface area contributed by atoms with Crippen LogP contribution in [0.25, 0.3) is 11.1 Å². The molecule has 0 unspecified atom stereocenters. The lowest BCUT2D eigenvalue weighted by molar-refractivity contribution is 0.00578. The average Bonchev–Trinajstić information content (AvgIpc) is 3.45. The minimum Gasteiger partial charge on any atom is -0.399 e. The minimum absolute atomic E-state index is 0.303. The van der Waals surface area contributed by atoms with Crippen molar-refractivity contribution < 1.29 is 9.31 Å². The topological polar surface area (TPSA) is 18.5 Å². The van der Waals surface area contributed by atoms with E-state index < -0.39 is 0 Å². The molecule has 4 aliphatic rings. The Kier molecular flexibility index (Phi) is 5.59. The molecule has 35 heavy (non-hydrogen) atoms. The molecular formula is C32H43BO2. The van der Waals surface area contributed by atoms with Crippen LogP contribution in [0.2, 0.25) is 0 Å². The highest BCUT2D eigenvalue weighted by Crippen LogP contribution is 2.69. The summed E-state index contributed by atoms with van der Waals surface area (Å²) in [6, 6.07) is 14.8. The first kappa shape index (κ1) is 23.8. The van der Waals surface area contributed by atoms with E-state index in [-0.39, 0.29) is 18.3 Å². The van der Waals surface area contributed by atoms with E-state index in [9.17, 15) is 0 Å². The van der Waals surface area contributed by atoms with E-state index in [1.807, 2.05) is 0 Å². The van der Waals surface area contributed by atoms with Crippen LogP contribution in [-0.2, 0) is 26.6 Å². The smallest absolute Gasteiger partial charge is 0.399 e. The van der Waals surface area contributed by atoms with Gasteiger partial charge in [-0.15, -0.1) is 0 Å². The molecule has 1 saturated heterocycles. The van der Waals surface area contributed by atoms with Crippen molar-refractivity contribution >= 4 is 12.6 Å². The average molecular weight is 471 g/mol. The first-order valence-electron chi connectivity index (χ1n) is 14.4. The fourth-order valence-electron chi connectivity index (χ4n) is 8.12. The predicted molar refractivity (Wildman–Crippen MR) is 146 cm³/mol. The van der Waals surface area contributed by atoms with E-state index in [0.717, 1.165) is 0 Å². The zero-order chi connectivity index (χ0) is 24.5. The summed E-state index contributed by atoms with van der Waals surface area (Å²) in [7, 11) is -0.303. The maximum absolute atomic E-state index is 6.48. The largest absolute Gasteiger partial charge is 0.494 e. The van der Waals surface area contributed by atoms with Crippen LogP contribution >= 0.6 is 0 Å². The maximum atomic E-state index is 6.48. The summed E-state index contributed by atoms with van der Waals surface area (Å²) in [6.07, 6.45) is 14.6. The molecule has 1 heterocycles. The molecule has 0 atom stereocenters. The van der Waals surface area contributed by atoms with Crippen molar-refractivity contribution in [1.82, 2.24) is 0 Å². The molecule has 0 radical (unpaired) electrons. The molecule has 0 aromatic heterocycles. The number of hydrogen-bond acceptors (Lipinski definition) is 2. The van der Waals surface area contributed by atoms with Gasteiger partial charge in [-0.1, -0.05) is 75.4 Å². The molecule has 3 fully saturated rings. The second-order valence-corrected chi connectivity index (χ2v) is 13.0. The maximum Gasteiger partial charge on any atom is 0.494 e. The molecule has 186 valence electrons. The van der Waals surface area contributed by atoms with Gasteiger partial charge in [0.05, 0.1) is 11.2 Å². The van der Waals surface area contributed by atoms with Crippen molar-refractivity contribution in [2.45, 2.75) is 127 Å².